The maximum Gasteiger partial charge on any atom is 0.277 e. The van der Waals surface area contributed by atoms with Crippen LogP contribution in [-0.2, 0) is 0 Å². The molecule has 0 radical (unpaired) electrons. The van der Waals surface area contributed by atoms with E-state index in [9.17, 15) is 9.59 Å². The highest BCUT2D eigenvalue weighted by atomic mass is 16.5. The molecule has 0 aliphatic carbocycles. The number of ether oxygens (including phenoxy) is 1. The first-order valence-electron chi connectivity index (χ1n) is 9.37. The van der Waals surface area contributed by atoms with Crippen molar-refractivity contribution in [3.05, 3.63) is 101 Å². The number of carbonyl (C=O) groups excluding carboxylic acids is 1. The number of anilines is 1. The van der Waals surface area contributed by atoms with E-state index in [0.717, 1.165) is 11.1 Å². The number of para-hydroxylation sites is 2. The molecular weight excluding hydrogens is 378 g/mol. The van der Waals surface area contributed by atoms with Crippen molar-refractivity contribution in [1.29, 1.82) is 0 Å². The highest BCUT2D eigenvalue weighted by Crippen LogP contribution is 2.32. The summed E-state index contributed by atoms with van der Waals surface area (Å²) in [6.07, 6.45) is 0. The molecule has 6 nitrogen and oxygen atoms in total. The third-order valence-corrected chi connectivity index (χ3v) is 4.68. The molecule has 0 fully saturated rings. The normalized spacial score (nSPS) is 10.4. The first kappa shape index (κ1) is 19.1. The maximum absolute atomic E-state index is 13.3. The first-order valence-corrected chi connectivity index (χ1v) is 9.37. The van der Waals surface area contributed by atoms with Crippen LogP contribution in [0.4, 0.5) is 5.69 Å². The fraction of sp³-hybridized carbons (Fsp3) is 0.0417. The minimum atomic E-state index is -0.569. The summed E-state index contributed by atoms with van der Waals surface area (Å²) in [6, 6.07) is 25.7. The Bertz CT molecular complexity index is 1240. The van der Waals surface area contributed by atoms with Gasteiger partial charge in [0.05, 0.1) is 18.5 Å². The Labute approximate surface area is 173 Å². The molecule has 4 aromatic rings. The van der Waals surface area contributed by atoms with Crippen LogP contribution in [0.2, 0.25) is 0 Å². The molecule has 1 aromatic heterocycles. The number of rotatable bonds is 5. The molecule has 0 saturated carbocycles. The molecule has 30 heavy (non-hydrogen) atoms. The predicted molar refractivity (Wildman–Crippen MR) is 117 cm³/mol. The van der Waals surface area contributed by atoms with E-state index in [2.05, 4.69) is 15.5 Å². The Morgan fingerprint density at radius 1 is 0.867 bits per heavy atom. The number of amides is 1. The van der Waals surface area contributed by atoms with Crippen LogP contribution < -0.4 is 15.6 Å². The highest BCUT2D eigenvalue weighted by Gasteiger charge is 2.23. The summed E-state index contributed by atoms with van der Waals surface area (Å²) in [7, 11) is 1.52. The third-order valence-electron chi connectivity index (χ3n) is 4.68. The van der Waals surface area contributed by atoms with Crippen LogP contribution in [0.25, 0.3) is 22.4 Å². The predicted octanol–water partition coefficient (Wildman–Crippen LogP) is 4.36. The molecule has 0 unspecified atom stereocenters. The number of hydrogen-bond acceptors (Lipinski definition) is 4. The third kappa shape index (κ3) is 3.71. The number of nitrogens with zero attached hydrogens (tertiary/aromatic N) is 1. The Kier molecular flexibility index (Phi) is 5.39. The zero-order valence-electron chi connectivity index (χ0n) is 16.3. The molecule has 0 spiro atoms. The van der Waals surface area contributed by atoms with Gasteiger partial charge >= 0.3 is 0 Å². The largest absolute Gasteiger partial charge is 0.495 e. The van der Waals surface area contributed by atoms with Gasteiger partial charge in [0, 0.05) is 11.1 Å². The number of benzene rings is 3. The minimum Gasteiger partial charge on any atom is -0.495 e. The molecule has 0 atom stereocenters. The molecule has 0 bridgehead atoms. The zero-order chi connectivity index (χ0) is 20.9. The first-order chi connectivity index (χ1) is 14.7. The molecule has 0 saturated heterocycles. The van der Waals surface area contributed by atoms with E-state index in [4.69, 9.17) is 4.74 Å². The lowest BCUT2D eigenvalue weighted by Crippen LogP contribution is -2.26. The van der Waals surface area contributed by atoms with Crippen LogP contribution in [0.3, 0.4) is 0 Å². The Morgan fingerprint density at radius 3 is 2.13 bits per heavy atom. The molecule has 3 aromatic carbocycles. The van der Waals surface area contributed by atoms with Crippen molar-refractivity contribution in [3.8, 4) is 28.1 Å². The van der Waals surface area contributed by atoms with Gasteiger partial charge in [-0.25, -0.2) is 5.10 Å². The van der Waals surface area contributed by atoms with Crippen LogP contribution >= 0.6 is 0 Å². The lowest BCUT2D eigenvalue weighted by Gasteiger charge is -2.15. The van der Waals surface area contributed by atoms with Crippen LogP contribution in [-0.4, -0.2) is 23.2 Å². The van der Waals surface area contributed by atoms with Gasteiger partial charge in [0.1, 0.15) is 11.3 Å². The topological polar surface area (TPSA) is 84.1 Å². The van der Waals surface area contributed by atoms with Crippen molar-refractivity contribution < 1.29 is 9.53 Å². The highest BCUT2D eigenvalue weighted by molar-refractivity contribution is 6.10. The summed E-state index contributed by atoms with van der Waals surface area (Å²) >= 11 is 0. The van der Waals surface area contributed by atoms with E-state index in [-0.39, 0.29) is 5.56 Å². The van der Waals surface area contributed by atoms with Gasteiger partial charge in [0.15, 0.2) is 0 Å². The molecule has 4 rings (SSSR count). The number of hydrogen-bond donors (Lipinski definition) is 2. The molecule has 1 heterocycles. The fourth-order valence-electron chi connectivity index (χ4n) is 3.29. The standard InChI is InChI=1S/C24H19N3O3/c1-30-19-15-9-8-14-18(19)25-23(28)21-20(16-10-4-2-5-11-16)22(26-27-24(21)29)17-12-6-3-7-13-17/h2-15H,1H3,(H,25,28)(H,27,29). The van der Waals surface area contributed by atoms with Gasteiger partial charge < -0.3 is 10.1 Å². The van der Waals surface area contributed by atoms with E-state index >= 15 is 0 Å². The van der Waals surface area contributed by atoms with Crippen LogP contribution in [0.1, 0.15) is 10.4 Å². The van der Waals surface area contributed by atoms with E-state index in [1.807, 2.05) is 60.7 Å². The van der Waals surface area contributed by atoms with Crippen molar-refractivity contribution in [3.63, 3.8) is 0 Å². The zero-order valence-corrected chi connectivity index (χ0v) is 16.3. The van der Waals surface area contributed by atoms with Gasteiger partial charge in [-0.05, 0) is 17.7 Å². The summed E-state index contributed by atoms with van der Waals surface area (Å²) in [6.45, 7) is 0. The van der Waals surface area contributed by atoms with E-state index in [1.54, 1.807) is 24.3 Å². The van der Waals surface area contributed by atoms with Gasteiger partial charge in [-0.2, -0.15) is 5.10 Å². The van der Waals surface area contributed by atoms with E-state index < -0.39 is 11.5 Å². The molecule has 0 aliphatic heterocycles. The summed E-state index contributed by atoms with van der Waals surface area (Å²) in [4.78, 5) is 26.0. The second-order valence-corrected chi connectivity index (χ2v) is 6.54. The second-order valence-electron chi connectivity index (χ2n) is 6.54. The van der Waals surface area contributed by atoms with Crippen LogP contribution in [0.5, 0.6) is 5.75 Å². The number of H-pyrrole nitrogens is 1. The van der Waals surface area contributed by atoms with Crippen molar-refractivity contribution in [2.75, 3.05) is 12.4 Å². The van der Waals surface area contributed by atoms with Gasteiger partial charge in [-0.15, -0.1) is 0 Å². The SMILES string of the molecule is COc1ccccc1NC(=O)c1c(-c2ccccc2)c(-c2ccccc2)n[nH]c1=O. The average Bonchev–Trinajstić information content (AvgIpc) is 2.80. The molecule has 148 valence electrons. The maximum atomic E-state index is 13.3. The number of aromatic nitrogens is 2. The fourth-order valence-corrected chi connectivity index (χ4v) is 3.29. The number of carbonyl (C=O) groups is 1. The number of aromatic amines is 1. The summed E-state index contributed by atoms with van der Waals surface area (Å²) in [5.41, 5.74) is 2.40. The summed E-state index contributed by atoms with van der Waals surface area (Å²) < 4.78 is 5.31. The number of nitrogens with one attached hydrogen (secondary N) is 2. The van der Waals surface area contributed by atoms with Crippen LogP contribution in [0.15, 0.2) is 89.7 Å². The lowest BCUT2D eigenvalue weighted by atomic mass is 9.95. The Morgan fingerprint density at radius 2 is 1.47 bits per heavy atom. The molecule has 0 aliphatic rings. The molecule has 2 N–H and O–H groups in total. The van der Waals surface area contributed by atoms with Crippen molar-refractivity contribution in [2.24, 2.45) is 0 Å². The van der Waals surface area contributed by atoms with Crippen molar-refractivity contribution >= 4 is 11.6 Å². The van der Waals surface area contributed by atoms with Gasteiger partial charge in [0.25, 0.3) is 11.5 Å². The summed E-state index contributed by atoms with van der Waals surface area (Å²) in [5.74, 6) is -0.0416. The van der Waals surface area contributed by atoms with Crippen molar-refractivity contribution in [1.82, 2.24) is 10.2 Å². The van der Waals surface area contributed by atoms with Gasteiger partial charge in [-0.1, -0.05) is 72.8 Å². The van der Waals surface area contributed by atoms with E-state index in [1.165, 1.54) is 7.11 Å². The summed E-state index contributed by atoms with van der Waals surface area (Å²) in [5, 5.41) is 9.54. The Hall–Kier alpha value is -4.19. The number of methoxy groups -OCH3 is 1. The molecule has 6 heteroatoms. The molecule has 1 amide bonds. The van der Waals surface area contributed by atoms with Crippen LogP contribution in [0, 0.1) is 0 Å². The van der Waals surface area contributed by atoms with Crippen molar-refractivity contribution in [2.45, 2.75) is 0 Å². The smallest absolute Gasteiger partial charge is 0.277 e. The lowest BCUT2D eigenvalue weighted by molar-refractivity contribution is 0.102. The van der Waals surface area contributed by atoms with Gasteiger partial charge in [-0.3, -0.25) is 9.59 Å². The molecular formula is C24H19N3O3. The van der Waals surface area contributed by atoms with E-state index in [0.29, 0.717) is 22.7 Å². The quantitative estimate of drug-likeness (QED) is 0.524. The van der Waals surface area contributed by atoms with Gasteiger partial charge in [0.2, 0.25) is 0 Å². The Balaban J connectivity index is 1.91. The monoisotopic (exact) mass is 397 g/mol. The second kappa shape index (κ2) is 8.45. The minimum absolute atomic E-state index is 0.0130. The average molecular weight is 397 g/mol.